The van der Waals surface area contributed by atoms with E-state index in [9.17, 15) is 4.39 Å². The molecule has 3 aromatic rings. The van der Waals surface area contributed by atoms with E-state index in [1.54, 1.807) is 17.0 Å². The molecule has 0 aliphatic heterocycles. The van der Waals surface area contributed by atoms with Gasteiger partial charge in [0.1, 0.15) is 5.82 Å². The molecular formula is C13H10ClFN4. The molecule has 0 amide bonds. The maximum Gasteiger partial charge on any atom is 0.201 e. The van der Waals surface area contributed by atoms with E-state index in [0.29, 0.717) is 23.5 Å². The summed E-state index contributed by atoms with van der Waals surface area (Å²) in [6, 6.07) is 6.60. The van der Waals surface area contributed by atoms with E-state index < -0.39 is 5.82 Å². The molecule has 0 bridgehead atoms. The van der Waals surface area contributed by atoms with E-state index in [1.165, 1.54) is 12.1 Å². The Hall–Kier alpha value is -2.14. The predicted molar refractivity (Wildman–Crippen MR) is 72.5 cm³/mol. The minimum atomic E-state index is -0.500. The minimum Gasteiger partial charge on any atom is -0.369 e. The zero-order valence-corrected chi connectivity index (χ0v) is 10.6. The molecule has 0 atom stereocenters. The van der Waals surface area contributed by atoms with Crippen LogP contribution in [0.2, 0.25) is 5.02 Å². The number of rotatable bonds is 2. The molecule has 0 radical (unpaired) electrons. The molecule has 0 spiro atoms. The van der Waals surface area contributed by atoms with Crippen LogP contribution in [-0.2, 0) is 6.54 Å². The van der Waals surface area contributed by atoms with Crippen LogP contribution in [0.15, 0.2) is 36.7 Å². The van der Waals surface area contributed by atoms with E-state index in [-0.39, 0.29) is 5.02 Å². The lowest BCUT2D eigenvalue weighted by molar-refractivity contribution is 0.629. The number of pyridine rings is 1. The molecule has 3 rings (SSSR count). The third kappa shape index (κ3) is 2.13. The first-order valence-electron chi connectivity index (χ1n) is 5.65. The van der Waals surface area contributed by atoms with Crippen molar-refractivity contribution in [2.24, 2.45) is 0 Å². The summed E-state index contributed by atoms with van der Waals surface area (Å²) in [4.78, 5) is 8.18. The summed E-state index contributed by atoms with van der Waals surface area (Å²) >= 11 is 5.80. The number of nitrogen functional groups attached to an aromatic ring is 1. The largest absolute Gasteiger partial charge is 0.369 e. The van der Waals surface area contributed by atoms with Crippen molar-refractivity contribution in [2.45, 2.75) is 6.54 Å². The van der Waals surface area contributed by atoms with Gasteiger partial charge in [-0.1, -0.05) is 17.7 Å². The van der Waals surface area contributed by atoms with E-state index in [4.69, 9.17) is 17.3 Å². The van der Waals surface area contributed by atoms with Gasteiger partial charge in [0, 0.05) is 18.5 Å². The highest BCUT2D eigenvalue weighted by Gasteiger charge is 2.12. The van der Waals surface area contributed by atoms with Gasteiger partial charge >= 0.3 is 0 Å². The van der Waals surface area contributed by atoms with Crippen LogP contribution in [0.25, 0.3) is 11.0 Å². The Labute approximate surface area is 113 Å². The lowest BCUT2D eigenvalue weighted by Crippen LogP contribution is -2.04. The molecule has 0 aliphatic carbocycles. The van der Waals surface area contributed by atoms with Gasteiger partial charge in [0.25, 0.3) is 0 Å². The van der Waals surface area contributed by atoms with E-state index in [0.717, 1.165) is 5.56 Å². The smallest absolute Gasteiger partial charge is 0.201 e. The summed E-state index contributed by atoms with van der Waals surface area (Å²) in [6.45, 7) is 0.512. The van der Waals surface area contributed by atoms with Crippen molar-refractivity contribution in [1.29, 1.82) is 0 Å². The Morgan fingerprint density at radius 1 is 1.37 bits per heavy atom. The second-order valence-corrected chi connectivity index (χ2v) is 4.58. The van der Waals surface area contributed by atoms with Crippen molar-refractivity contribution >= 4 is 28.6 Å². The summed E-state index contributed by atoms with van der Waals surface area (Å²) in [5.74, 6) is -0.180. The van der Waals surface area contributed by atoms with Crippen LogP contribution in [-0.4, -0.2) is 14.5 Å². The lowest BCUT2D eigenvalue weighted by Gasteiger charge is -2.06. The van der Waals surface area contributed by atoms with Crippen molar-refractivity contribution in [2.75, 3.05) is 5.73 Å². The molecular weight excluding hydrogens is 267 g/mol. The van der Waals surface area contributed by atoms with Gasteiger partial charge in [-0.15, -0.1) is 0 Å². The van der Waals surface area contributed by atoms with Crippen molar-refractivity contribution < 1.29 is 4.39 Å². The van der Waals surface area contributed by atoms with Crippen LogP contribution >= 0.6 is 11.6 Å². The van der Waals surface area contributed by atoms with Crippen LogP contribution in [0.4, 0.5) is 10.3 Å². The monoisotopic (exact) mass is 276 g/mol. The number of aromatic nitrogens is 3. The van der Waals surface area contributed by atoms with Crippen molar-refractivity contribution in [3.8, 4) is 0 Å². The average molecular weight is 277 g/mol. The summed E-state index contributed by atoms with van der Waals surface area (Å²) in [6.07, 6.45) is 3.45. The summed E-state index contributed by atoms with van der Waals surface area (Å²) in [5, 5.41) is 0.0554. The first-order chi connectivity index (χ1) is 9.15. The molecule has 96 valence electrons. The fourth-order valence-corrected chi connectivity index (χ4v) is 2.14. The molecule has 6 heteroatoms. The molecule has 2 heterocycles. The van der Waals surface area contributed by atoms with E-state index in [1.807, 2.05) is 12.1 Å². The number of fused-ring (bicyclic) bond motifs is 1. The fraction of sp³-hybridized carbons (Fsp3) is 0.0769. The number of benzene rings is 1. The van der Waals surface area contributed by atoms with Crippen LogP contribution in [0.5, 0.6) is 0 Å². The topological polar surface area (TPSA) is 56.7 Å². The van der Waals surface area contributed by atoms with Crippen LogP contribution in [0.1, 0.15) is 5.56 Å². The highest BCUT2D eigenvalue weighted by molar-refractivity contribution is 6.31. The van der Waals surface area contributed by atoms with E-state index in [2.05, 4.69) is 9.97 Å². The lowest BCUT2D eigenvalue weighted by atomic mass is 10.2. The number of nitrogens with zero attached hydrogens (tertiary/aromatic N) is 3. The standard InChI is InChI=1S/C13H10ClFN4/c14-9-4-12-11(5-10(9)15)18-13(16)19(12)7-8-2-1-3-17-6-8/h1-6H,7H2,(H2,16,18). The van der Waals surface area contributed by atoms with Crippen LogP contribution in [0.3, 0.4) is 0 Å². The van der Waals surface area contributed by atoms with Gasteiger partial charge in [-0.05, 0) is 17.7 Å². The van der Waals surface area contributed by atoms with Crippen LogP contribution in [0, 0.1) is 5.82 Å². The number of imidazole rings is 1. The molecule has 0 unspecified atom stereocenters. The molecule has 2 aromatic heterocycles. The number of halogens is 2. The second-order valence-electron chi connectivity index (χ2n) is 4.17. The number of anilines is 1. The third-order valence-corrected chi connectivity index (χ3v) is 3.17. The fourth-order valence-electron chi connectivity index (χ4n) is 1.98. The molecule has 1 aromatic carbocycles. The molecule has 0 fully saturated rings. The van der Waals surface area contributed by atoms with E-state index >= 15 is 0 Å². The van der Waals surface area contributed by atoms with Crippen molar-refractivity contribution in [3.05, 3.63) is 53.1 Å². The minimum absolute atomic E-state index is 0.0554. The van der Waals surface area contributed by atoms with Gasteiger partial charge in [-0.2, -0.15) is 0 Å². The molecule has 0 aliphatic rings. The van der Waals surface area contributed by atoms with Gasteiger partial charge in [-0.3, -0.25) is 4.98 Å². The molecule has 2 N–H and O–H groups in total. The third-order valence-electron chi connectivity index (χ3n) is 2.88. The van der Waals surface area contributed by atoms with Gasteiger partial charge < -0.3 is 10.3 Å². The Kier molecular flexibility index (Phi) is 2.83. The van der Waals surface area contributed by atoms with Crippen LogP contribution < -0.4 is 5.73 Å². The Balaban J connectivity index is 2.13. The number of hydrogen-bond donors (Lipinski definition) is 1. The normalized spacial score (nSPS) is 11.1. The molecule has 4 nitrogen and oxygen atoms in total. The zero-order chi connectivity index (χ0) is 13.4. The van der Waals surface area contributed by atoms with Crippen molar-refractivity contribution in [3.63, 3.8) is 0 Å². The highest BCUT2D eigenvalue weighted by Crippen LogP contribution is 2.25. The van der Waals surface area contributed by atoms with Gasteiger partial charge in [0.15, 0.2) is 0 Å². The first-order valence-corrected chi connectivity index (χ1v) is 6.02. The average Bonchev–Trinajstić information content (AvgIpc) is 2.68. The Morgan fingerprint density at radius 3 is 2.95 bits per heavy atom. The number of hydrogen-bond acceptors (Lipinski definition) is 3. The molecule has 0 saturated heterocycles. The van der Waals surface area contributed by atoms with Crippen molar-refractivity contribution in [1.82, 2.24) is 14.5 Å². The van der Waals surface area contributed by atoms with Gasteiger partial charge in [-0.25, -0.2) is 9.37 Å². The summed E-state index contributed by atoms with van der Waals surface area (Å²) in [5.41, 5.74) is 8.04. The maximum atomic E-state index is 13.4. The summed E-state index contributed by atoms with van der Waals surface area (Å²) < 4.78 is 15.2. The van der Waals surface area contributed by atoms with Gasteiger partial charge in [0.05, 0.1) is 22.6 Å². The second kappa shape index (κ2) is 4.51. The quantitative estimate of drug-likeness (QED) is 0.783. The van der Waals surface area contributed by atoms with Gasteiger partial charge in [0.2, 0.25) is 5.95 Å². The Bertz CT molecular complexity index is 739. The maximum absolute atomic E-state index is 13.4. The first kappa shape index (κ1) is 11.9. The highest BCUT2D eigenvalue weighted by atomic mass is 35.5. The zero-order valence-electron chi connectivity index (χ0n) is 9.85. The molecule has 0 saturated carbocycles. The predicted octanol–water partition coefficient (Wildman–Crippen LogP) is 2.85. The molecule has 19 heavy (non-hydrogen) atoms. The number of nitrogens with two attached hydrogens (primary N) is 1. The summed E-state index contributed by atoms with van der Waals surface area (Å²) in [7, 11) is 0. The SMILES string of the molecule is Nc1nc2cc(F)c(Cl)cc2n1Cc1cccnc1. The Morgan fingerprint density at radius 2 is 2.21 bits per heavy atom.